The summed E-state index contributed by atoms with van der Waals surface area (Å²) < 4.78 is 21.3. The number of nitrogens with zero attached hydrogens (tertiary/aromatic N) is 3. The molecule has 0 unspecified atom stereocenters. The van der Waals surface area contributed by atoms with E-state index in [4.69, 9.17) is 19.2 Å². The Morgan fingerprint density at radius 3 is 2.44 bits per heavy atom. The molecule has 0 atom stereocenters. The fourth-order valence-electron chi connectivity index (χ4n) is 4.87. The number of hydrogen-bond acceptors (Lipinski definition) is 6. The Labute approximate surface area is 237 Å². The Kier molecular flexibility index (Phi) is 8.69. The molecule has 0 aliphatic rings. The summed E-state index contributed by atoms with van der Waals surface area (Å²) in [7, 11) is 4.90. The summed E-state index contributed by atoms with van der Waals surface area (Å²) in [6, 6.07) is 11.8. The van der Waals surface area contributed by atoms with Crippen LogP contribution in [-0.4, -0.2) is 45.9 Å². The van der Waals surface area contributed by atoms with Crippen LogP contribution in [0.15, 0.2) is 40.9 Å². The standard InChI is InChI=1S/C30H36BrN3O5/c1-30(2,3)39-26(35)11-9-7-8-10-14-34-23-18-21(31)13-12-19(23)16-24(34)28-32-22-15-20(29(36)38-6)17-25(37-5)27(22)33(28)4/h12-13,15-18H,7-11,14H2,1-6H3. The third kappa shape index (κ3) is 6.46. The van der Waals surface area contributed by atoms with E-state index in [0.29, 0.717) is 23.3 Å². The number of fused-ring (bicyclic) bond motifs is 2. The maximum atomic E-state index is 12.2. The number of imidazole rings is 1. The van der Waals surface area contributed by atoms with Crippen molar-refractivity contribution in [2.24, 2.45) is 7.05 Å². The molecule has 0 N–H and O–H groups in total. The molecule has 0 aliphatic heterocycles. The van der Waals surface area contributed by atoms with Crippen molar-refractivity contribution in [3.05, 3.63) is 46.4 Å². The third-order valence-corrected chi connectivity index (χ3v) is 7.10. The fraction of sp³-hybridized carbons (Fsp3) is 0.433. The molecule has 0 saturated carbocycles. The smallest absolute Gasteiger partial charge is 0.338 e. The molecule has 2 aromatic carbocycles. The first-order valence-corrected chi connectivity index (χ1v) is 14.0. The Balaban J connectivity index is 1.61. The lowest BCUT2D eigenvalue weighted by atomic mass is 10.1. The molecular formula is C30H36BrN3O5. The highest BCUT2D eigenvalue weighted by Crippen LogP contribution is 2.35. The van der Waals surface area contributed by atoms with Gasteiger partial charge in [-0.05, 0) is 63.9 Å². The lowest BCUT2D eigenvalue weighted by Crippen LogP contribution is -2.23. The molecule has 4 aromatic rings. The number of aromatic nitrogens is 3. The normalized spacial score (nSPS) is 11.8. The topological polar surface area (TPSA) is 84.6 Å². The second-order valence-electron chi connectivity index (χ2n) is 10.7. The summed E-state index contributed by atoms with van der Waals surface area (Å²) in [6.45, 7) is 6.47. The van der Waals surface area contributed by atoms with E-state index in [9.17, 15) is 9.59 Å². The quantitative estimate of drug-likeness (QED) is 0.144. The Morgan fingerprint density at radius 1 is 1.00 bits per heavy atom. The highest BCUT2D eigenvalue weighted by atomic mass is 79.9. The van der Waals surface area contributed by atoms with Crippen molar-refractivity contribution in [3.8, 4) is 17.3 Å². The summed E-state index contributed by atoms with van der Waals surface area (Å²) in [5.41, 5.74) is 3.51. The van der Waals surface area contributed by atoms with Gasteiger partial charge in [-0.1, -0.05) is 34.8 Å². The maximum Gasteiger partial charge on any atom is 0.338 e. The van der Waals surface area contributed by atoms with Gasteiger partial charge < -0.3 is 23.3 Å². The van der Waals surface area contributed by atoms with Gasteiger partial charge in [-0.25, -0.2) is 9.78 Å². The van der Waals surface area contributed by atoms with Crippen LogP contribution in [0, 0.1) is 0 Å². The summed E-state index contributed by atoms with van der Waals surface area (Å²) in [4.78, 5) is 29.2. The van der Waals surface area contributed by atoms with Crippen molar-refractivity contribution in [2.75, 3.05) is 14.2 Å². The number of carbonyl (C=O) groups excluding carboxylic acids is 2. The molecular weight excluding hydrogens is 562 g/mol. The maximum absolute atomic E-state index is 12.2. The molecule has 2 aromatic heterocycles. The monoisotopic (exact) mass is 597 g/mol. The molecule has 0 fully saturated rings. The predicted octanol–water partition coefficient (Wildman–Crippen LogP) is 7.04. The Bertz CT molecular complexity index is 1510. The number of halogens is 1. The molecule has 39 heavy (non-hydrogen) atoms. The molecule has 0 radical (unpaired) electrons. The van der Waals surface area contributed by atoms with Crippen LogP contribution in [0.3, 0.4) is 0 Å². The van der Waals surface area contributed by atoms with Gasteiger partial charge in [-0.2, -0.15) is 0 Å². The van der Waals surface area contributed by atoms with E-state index in [1.165, 1.54) is 7.11 Å². The van der Waals surface area contributed by atoms with E-state index in [0.717, 1.165) is 64.6 Å². The Hall–Kier alpha value is -3.33. The number of carbonyl (C=O) groups is 2. The molecule has 0 spiro atoms. The van der Waals surface area contributed by atoms with Gasteiger partial charge >= 0.3 is 11.9 Å². The number of ether oxygens (including phenoxy) is 3. The van der Waals surface area contributed by atoms with Crippen molar-refractivity contribution in [3.63, 3.8) is 0 Å². The largest absolute Gasteiger partial charge is 0.494 e. The number of rotatable bonds is 10. The molecule has 0 saturated heterocycles. The average Bonchev–Trinajstić information content (AvgIpc) is 3.40. The van der Waals surface area contributed by atoms with Crippen LogP contribution in [0.2, 0.25) is 0 Å². The molecule has 0 bridgehead atoms. The van der Waals surface area contributed by atoms with Crippen LogP contribution in [0.5, 0.6) is 5.75 Å². The molecule has 0 aliphatic carbocycles. The van der Waals surface area contributed by atoms with E-state index in [1.807, 2.05) is 38.5 Å². The van der Waals surface area contributed by atoms with Crippen molar-refractivity contribution in [2.45, 2.75) is 65.0 Å². The van der Waals surface area contributed by atoms with E-state index in [1.54, 1.807) is 19.2 Å². The molecule has 2 heterocycles. The van der Waals surface area contributed by atoms with Gasteiger partial charge in [0.05, 0.1) is 31.0 Å². The zero-order valence-corrected chi connectivity index (χ0v) is 25.1. The van der Waals surface area contributed by atoms with Gasteiger partial charge in [0.2, 0.25) is 0 Å². The summed E-state index contributed by atoms with van der Waals surface area (Å²) >= 11 is 3.62. The first kappa shape index (κ1) is 28.7. The SMILES string of the molecule is COC(=O)c1cc(OC)c2c(c1)nc(-c1cc3ccc(Br)cc3n1CCCCCCC(=O)OC(C)(C)C)n2C. The second-order valence-corrected chi connectivity index (χ2v) is 11.6. The van der Waals surface area contributed by atoms with Gasteiger partial charge in [-0.3, -0.25) is 4.79 Å². The number of methoxy groups -OCH3 is 2. The van der Waals surface area contributed by atoms with Gasteiger partial charge in [0.25, 0.3) is 0 Å². The predicted molar refractivity (Wildman–Crippen MR) is 156 cm³/mol. The van der Waals surface area contributed by atoms with Crippen LogP contribution in [-0.2, 0) is 27.9 Å². The summed E-state index contributed by atoms with van der Waals surface area (Å²) in [6.07, 6.45) is 4.16. The van der Waals surface area contributed by atoms with E-state index in [2.05, 4.69) is 38.7 Å². The average molecular weight is 599 g/mol. The number of aryl methyl sites for hydroxylation is 2. The van der Waals surface area contributed by atoms with Crippen LogP contribution in [0.4, 0.5) is 0 Å². The molecule has 4 rings (SSSR count). The van der Waals surface area contributed by atoms with Gasteiger partial charge in [-0.15, -0.1) is 0 Å². The van der Waals surface area contributed by atoms with Crippen LogP contribution in [0.25, 0.3) is 33.5 Å². The lowest BCUT2D eigenvalue weighted by Gasteiger charge is -2.19. The zero-order chi connectivity index (χ0) is 28.3. The van der Waals surface area contributed by atoms with Crippen molar-refractivity contribution in [1.29, 1.82) is 0 Å². The highest BCUT2D eigenvalue weighted by molar-refractivity contribution is 9.10. The molecule has 0 amide bonds. The van der Waals surface area contributed by atoms with Gasteiger partial charge in [0.1, 0.15) is 16.9 Å². The van der Waals surface area contributed by atoms with Crippen LogP contribution < -0.4 is 4.74 Å². The first-order valence-electron chi connectivity index (χ1n) is 13.2. The van der Waals surface area contributed by atoms with Gasteiger partial charge in [0, 0.05) is 35.4 Å². The van der Waals surface area contributed by atoms with Crippen LogP contribution >= 0.6 is 15.9 Å². The zero-order valence-electron chi connectivity index (χ0n) is 23.5. The summed E-state index contributed by atoms with van der Waals surface area (Å²) in [5, 5.41) is 1.12. The van der Waals surface area contributed by atoms with E-state index < -0.39 is 11.6 Å². The number of benzene rings is 2. The van der Waals surface area contributed by atoms with Gasteiger partial charge in [0.15, 0.2) is 5.82 Å². The minimum Gasteiger partial charge on any atom is -0.494 e. The fourth-order valence-corrected chi connectivity index (χ4v) is 5.22. The summed E-state index contributed by atoms with van der Waals surface area (Å²) in [5.74, 6) is 0.763. The second kappa shape index (κ2) is 11.8. The number of unbranched alkanes of at least 4 members (excludes halogenated alkanes) is 3. The Morgan fingerprint density at radius 2 is 1.74 bits per heavy atom. The minimum absolute atomic E-state index is 0.140. The lowest BCUT2D eigenvalue weighted by molar-refractivity contribution is -0.154. The van der Waals surface area contributed by atoms with E-state index in [-0.39, 0.29) is 5.97 Å². The molecule has 9 heteroatoms. The van der Waals surface area contributed by atoms with E-state index >= 15 is 0 Å². The third-order valence-electron chi connectivity index (χ3n) is 6.60. The number of hydrogen-bond donors (Lipinski definition) is 0. The minimum atomic E-state index is -0.447. The molecule has 208 valence electrons. The van der Waals surface area contributed by atoms with Crippen LogP contribution in [0.1, 0.15) is 63.2 Å². The van der Waals surface area contributed by atoms with Crippen molar-refractivity contribution >= 4 is 49.8 Å². The van der Waals surface area contributed by atoms with Crippen molar-refractivity contribution in [1.82, 2.24) is 14.1 Å². The number of esters is 2. The highest BCUT2D eigenvalue weighted by Gasteiger charge is 2.21. The molecule has 8 nitrogen and oxygen atoms in total. The first-order chi connectivity index (χ1) is 18.5. The van der Waals surface area contributed by atoms with Crippen molar-refractivity contribution < 1.29 is 23.8 Å².